The monoisotopic (exact) mass is 378 g/mol. The van der Waals surface area contributed by atoms with Crippen molar-refractivity contribution >= 4 is 11.9 Å². The molecule has 1 saturated carbocycles. The van der Waals surface area contributed by atoms with Crippen LogP contribution in [0.15, 0.2) is 18.2 Å². The molecule has 0 bridgehead atoms. The second kappa shape index (κ2) is 9.62. The Labute approximate surface area is 161 Å². The highest BCUT2D eigenvalue weighted by atomic mass is 16.6. The summed E-state index contributed by atoms with van der Waals surface area (Å²) in [6, 6.07) is 4.77. The van der Waals surface area contributed by atoms with Crippen molar-refractivity contribution in [1.82, 2.24) is 0 Å². The molecule has 0 heterocycles. The number of esters is 2. The number of rotatable bonds is 7. The van der Waals surface area contributed by atoms with E-state index in [0.717, 1.165) is 19.3 Å². The molecule has 150 valence electrons. The number of carbonyl (C=O) groups excluding carboxylic acids is 2. The van der Waals surface area contributed by atoms with E-state index in [-0.39, 0.29) is 11.7 Å². The van der Waals surface area contributed by atoms with Gasteiger partial charge in [-0.3, -0.25) is 0 Å². The summed E-state index contributed by atoms with van der Waals surface area (Å²) in [7, 11) is 2.98. The van der Waals surface area contributed by atoms with Crippen LogP contribution in [0.4, 0.5) is 0 Å². The third kappa shape index (κ3) is 5.62. The molecule has 0 radical (unpaired) electrons. The topological polar surface area (TPSA) is 71.1 Å². The van der Waals surface area contributed by atoms with Gasteiger partial charge in [0.15, 0.2) is 6.61 Å². The maximum Gasteiger partial charge on any atom is 0.344 e. The molecule has 1 aromatic carbocycles. The lowest BCUT2D eigenvalue weighted by Crippen LogP contribution is -2.36. The number of carbonyl (C=O) groups is 2. The van der Waals surface area contributed by atoms with Crippen molar-refractivity contribution in [2.45, 2.75) is 46.1 Å². The van der Waals surface area contributed by atoms with Gasteiger partial charge in [-0.05, 0) is 42.7 Å². The SMILES string of the molecule is COc1ccc(C(=O)OCC(=O)O[C@@H]2C[C@H](C)CC[C@@H]2C(C)C)c(OC)c1. The van der Waals surface area contributed by atoms with E-state index in [9.17, 15) is 9.59 Å². The van der Waals surface area contributed by atoms with Gasteiger partial charge in [-0.15, -0.1) is 0 Å². The van der Waals surface area contributed by atoms with Gasteiger partial charge in [-0.1, -0.05) is 27.2 Å². The zero-order chi connectivity index (χ0) is 20.0. The smallest absolute Gasteiger partial charge is 0.344 e. The lowest BCUT2D eigenvalue weighted by atomic mass is 9.75. The van der Waals surface area contributed by atoms with Crippen molar-refractivity contribution in [3.8, 4) is 11.5 Å². The van der Waals surface area contributed by atoms with Crippen LogP contribution in [-0.2, 0) is 14.3 Å². The highest BCUT2D eigenvalue weighted by Gasteiger charge is 2.33. The van der Waals surface area contributed by atoms with Gasteiger partial charge in [-0.25, -0.2) is 9.59 Å². The van der Waals surface area contributed by atoms with Crippen molar-refractivity contribution in [2.24, 2.45) is 17.8 Å². The van der Waals surface area contributed by atoms with Crippen LogP contribution in [0.1, 0.15) is 50.4 Å². The van der Waals surface area contributed by atoms with E-state index >= 15 is 0 Å². The largest absolute Gasteiger partial charge is 0.497 e. The Bertz CT molecular complexity index is 654. The summed E-state index contributed by atoms with van der Waals surface area (Å²) < 4.78 is 21.1. The first-order valence-electron chi connectivity index (χ1n) is 9.44. The molecule has 0 saturated heterocycles. The minimum absolute atomic E-state index is 0.115. The molecule has 1 aliphatic carbocycles. The Morgan fingerprint density at radius 1 is 1.15 bits per heavy atom. The summed E-state index contributed by atoms with van der Waals surface area (Å²) >= 11 is 0. The first-order valence-corrected chi connectivity index (χ1v) is 9.44. The van der Waals surface area contributed by atoms with E-state index in [4.69, 9.17) is 18.9 Å². The normalized spacial score (nSPS) is 22.2. The average Bonchev–Trinajstić information content (AvgIpc) is 2.65. The van der Waals surface area contributed by atoms with Crippen LogP contribution in [0.5, 0.6) is 11.5 Å². The molecular weight excluding hydrogens is 348 g/mol. The van der Waals surface area contributed by atoms with Crippen molar-refractivity contribution in [2.75, 3.05) is 20.8 Å². The molecule has 0 aliphatic heterocycles. The van der Waals surface area contributed by atoms with Gasteiger partial charge in [0.25, 0.3) is 0 Å². The minimum Gasteiger partial charge on any atom is -0.497 e. The second-order valence-electron chi connectivity index (χ2n) is 7.50. The zero-order valence-corrected chi connectivity index (χ0v) is 16.8. The first-order chi connectivity index (χ1) is 12.8. The number of methoxy groups -OCH3 is 2. The molecule has 0 unspecified atom stereocenters. The Hall–Kier alpha value is -2.24. The van der Waals surface area contributed by atoms with Crippen LogP contribution < -0.4 is 9.47 Å². The molecule has 27 heavy (non-hydrogen) atoms. The molecule has 6 nitrogen and oxygen atoms in total. The third-order valence-electron chi connectivity index (χ3n) is 5.19. The molecule has 0 spiro atoms. The molecule has 1 aliphatic rings. The summed E-state index contributed by atoms with van der Waals surface area (Å²) in [4.78, 5) is 24.5. The van der Waals surface area contributed by atoms with Crippen LogP contribution in [0.2, 0.25) is 0 Å². The Balaban J connectivity index is 1.93. The standard InChI is InChI=1S/C21H30O6/c1-13(2)16-8-6-14(3)10-19(16)27-20(22)12-26-21(23)17-9-7-15(24-4)11-18(17)25-5/h7,9,11,13-14,16,19H,6,8,10,12H2,1-5H3/t14-,16-,19-/m1/s1. The zero-order valence-electron chi connectivity index (χ0n) is 16.8. The van der Waals surface area contributed by atoms with Crippen molar-refractivity contribution in [3.63, 3.8) is 0 Å². The maximum atomic E-state index is 12.3. The molecule has 0 amide bonds. The van der Waals surface area contributed by atoms with E-state index in [1.54, 1.807) is 18.2 Å². The maximum absolute atomic E-state index is 12.3. The summed E-state index contributed by atoms with van der Waals surface area (Å²) in [5, 5.41) is 0. The number of hydrogen-bond donors (Lipinski definition) is 0. The third-order valence-corrected chi connectivity index (χ3v) is 5.19. The number of ether oxygens (including phenoxy) is 4. The van der Waals surface area contributed by atoms with Crippen molar-refractivity contribution in [1.29, 1.82) is 0 Å². The molecule has 3 atom stereocenters. The fourth-order valence-electron chi connectivity index (χ4n) is 3.62. The molecular formula is C21H30O6. The summed E-state index contributed by atoms with van der Waals surface area (Å²) in [6.07, 6.45) is 2.95. The van der Waals surface area contributed by atoms with Crippen LogP contribution in [-0.4, -0.2) is 38.9 Å². The van der Waals surface area contributed by atoms with E-state index in [0.29, 0.717) is 29.3 Å². The van der Waals surface area contributed by atoms with E-state index in [1.165, 1.54) is 14.2 Å². The summed E-state index contributed by atoms with van der Waals surface area (Å²) in [5.41, 5.74) is 0.234. The molecule has 0 aromatic heterocycles. The van der Waals surface area contributed by atoms with Crippen LogP contribution in [0.3, 0.4) is 0 Å². The van der Waals surface area contributed by atoms with Crippen LogP contribution in [0.25, 0.3) is 0 Å². The van der Waals surface area contributed by atoms with Gasteiger partial charge in [0, 0.05) is 6.07 Å². The molecule has 1 aromatic rings. The second-order valence-corrected chi connectivity index (χ2v) is 7.50. The predicted octanol–water partition coefficient (Wildman–Crippen LogP) is 3.86. The Morgan fingerprint density at radius 3 is 2.52 bits per heavy atom. The molecule has 6 heteroatoms. The van der Waals surface area contributed by atoms with Gasteiger partial charge in [0.2, 0.25) is 0 Å². The first kappa shape index (κ1) is 21.1. The minimum atomic E-state index is -0.635. The van der Waals surface area contributed by atoms with Gasteiger partial charge in [0.05, 0.1) is 14.2 Å². The van der Waals surface area contributed by atoms with Gasteiger partial charge in [-0.2, -0.15) is 0 Å². The van der Waals surface area contributed by atoms with Gasteiger partial charge in [0.1, 0.15) is 23.2 Å². The van der Waals surface area contributed by atoms with E-state index < -0.39 is 18.5 Å². The van der Waals surface area contributed by atoms with Crippen LogP contribution in [0, 0.1) is 17.8 Å². The molecule has 1 fully saturated rings. The highest BCUT2D eigenvalue weighted by molar-refractivity contribution is 5.93. The lowest BCUT2D eigenvalue weighted by Gasteiger charge is -2.36. The fraction of sp³-hybridized carbons (Fsp3) is 0.619. The molecule has 2 rings (SSSR count). The van der Waals surface area contributed by atoms with E-state index in [2.05, 4.69) is 20.8 Å². The number of benzene rings is 1. The number of hydrogen-bond acceptors (Lipinski definition) is 6. The molecule has 0 N–H and O–H groups in total. The Morgan fingerprint density at radius 2 is 1.89 bits per heavy atom. The summed E-state index contributed by atoms with van der Waals surface area (Å²) in [6.45, 7) is 6.06. The highest BCUT2D eigenvalue weighted by Crippen LogP contribution is 2.35. The summed E-state index contributed by atoms with van der Waals surface area (Å²) in [5.74, 6) is 1.07. The fourth-order valence-corrected chi connectivity index (χ4v) is 3.62. The van der Waals surface area contributed by atoms with Gasteiger partial charge < -0.3 is 18.9 Å². The van der Waals surface area contributed by atoms with Gasteiger partial charge >= 0.3 is 11.9 Å². The van der Waals surface area contributed by atoms with Crippen molar-refractivity contribution < 1.29 is 28.5 Å². The van der Waals surface area contributed by atoms with Crippen LogP contribution >= 0.6 is 0 Å². The average molecular weight is 378 g/mol. The van der Waals surface area contributed by atoms with E-state index in [1.807, 2.05) is 0 Å². The lowest BCUT2D eigenvalue weighted by molar-refractivity contribution is -0.159. The quantitative estimate of drug-likeness (QED) is 0.671. The predicted molar refractivity (Wildman–Crippen MR) is 101 cm³/mol. The van der Waals surface area contributed by atoms with Crippen molar-refractivity contribution in [3.05, 3.63) is 23.8 Å². The Kier molecular flexibility index (Phi) is 7.51.